The molecule has 4 nitrogen and oxygen atoms in total. The fourth-order valence-corrected chi connectivity index (χ4v) is 6.03. The van der Waals surface area contributed by atoms with Crippen molar-refractivity contribution in [1.29, 1.82) is 0 Å². The van der Waals surface area contributed by atoms with Crippen LogP contribution < -0.4 is 4.74 Å². The van der Waals surface area contributed by atoms with Crippen LogP contribution in [0.25, 0.3) is 6.08 Å². The Bertz CT molecular complexity index is 932. The van der Waals surface area contributed by atoms with Gasteiger partial charge in [-0.3, -0.25) is 9.69 Å². The molecule has 0 aliphatic carbocycles. The first-order valence-electron chi connectivity index (χ1n) is 8.82. The number of amidine groups is 1. The van der Waals surface area contributed by atoms with E-state index in [1.54, 1.807) is 12.0 Å². The quantitative estimate of drug-likeness (QED) is 0.295. The van der Waals surface area contributed by atoms with Crippen LogP contribution >= 0.6 is 56.9 Å². The van der Waals surface area contributed by atoms with Crippen LogP contribution in [-0.4, -0.2) is 29.6 Å². The molecule has 1 aliphatic rings. The Morgan fingerprint density at radius 3 is 2.39 bits per heavy atom. The molecular weight excluding hydrogens is 598 g/mol. The average Bonchev–Trinajstić information content (AvgIpc) is 2.92. The lowest BCUT2D eigenvalue weighted by Crippen LogP contribution is -2.29. The molecule has 1 saturated heterocycles. The molecule has 0 spiro atoms. The molecule has 0 radical (unpaired) electrons. The molecule has 7 heteroatoms. The number of thioether (sulfide) groups is 1. The normalized spacial score (nSPS) is 17.0. The van der Waals surface area contributed by atoms with Gasteiger partial charge in [-0.15, -0.1) is 0 Å². The fraction of sp³-hybridized carbons (Fsp3) is 0.238. The maximum atomic E-state index is 13.0. The summed E-state index contributed by atoms with van der Waals surface area (Å²) in [5, 5.41) is 0.736. The minimum absolute atomic E-state index is 0.0125. The maximum Gasteiger partial charge on any atom is 0.266 e. The summed E-state index contributed by atoms with van der Waals surface area (Å²) in [7, 11) is 1.67. The summed E-state index contributed by atoms with van der Waals surface area (Å²) in [5.41, 5.74) is 3.03. The molecule has 1 aliphatic heterocycles. The first-order valence-corrected chi connectivity index (χ1v) is 11.8. The van der Waals surface area contributed by atoms with Crippen molar-refractivity contribution in [1.82, 2.24) is 4.90 Å². The van der Waals surface area contributed by atoms with Gasteiger partial charge in [-0.25, -0.2) is 4.99 Å². The van der Waals surface area contributed by atoms with E-state index in [1.807, 2.05) is 49.4 Å². The highest BCUT2D eigenvalue weighted by Crippen LogP contribution is 2.36. The predicted molar refractivity (Wildman–Crippen MR) is 134 cm³/mol. The maximum absolute atomic E-state index is 13.0. The molecule has 0 N–H and O–H groups in total. The van der Waals surface area contributed by atoms with Crippen molar-refractivity contribution >= 4 is 79.8 Å². The number of ether oxygens (including phenoxy) is 1. The molecule has 1 fully saturated rings. The first kappa shape index (κ1) is 21.6. The van der Waals surface area contributed by atoms with E-state index in [0.29, 0.717) is 11.4 Å². The minimum Gasteiger partial charge on any atom is -0.495 e. The van der Waals surface area contributed by atoms with Crippen LogP contribution in [0.5, 0.6) is 5.75 Å². The topological polar surface area (TPSA) is 41.9 Å². The number of aliphatic imine (C=N–C) groups is 1. The molecule has 3 rings (SSSR count). The Morgan fingerprint density at radius 2 is 1.82 bits per heavy atom. The number of halogens is 2. The van der Waals surface area contributed by atoms with E-state index in [9.17, 15) is 4.79 Å². The van der Waals surface area contributed by atoms with Crippen molar-refractivity contribution < 1.29 is 9.53 Å². The summed E-state index contributed by atoms with van der Waals surface area (Å²) >= 11 is 5.95. The second kappa shape index (κ2) is 9.62. The summed E-state index contributed by atoms with van der Waals surface area (Å²) in [4.78, 5) is 20.2. The number of aryl methyl sites for hydroxylation is 1. The second-order valence-electron chi connectivity index (χ2n) is 6.32. The van der Waals surface area contributed by atoms with Crippen LogP contribution in [0.15, 0.2) is 46.3 Å². The zero-order valence-electron chi connectivity index (χ0n) is 15.8. The number of hydrogen-bond acceptors (Lipinski definition) is 4. The Labute approximate surface area is 197 Å². The third-order valence-corrected chi connectivity index (χ3v) is 6.73. The lowest BCUT2D eigenvalue weighted by molar-refractivity contribution is -0.122. The van der Waals surface area contributed by atoms with Gasteiger partial charge in [0.05, 0.1) is 24.8 Å². The summed E-state index contributed by atoms with van der Waals surface area (Å²) in [6, 6.07) is 12.1. The molecule has 0 atom stereocenters. The summed E-state index contributed by atoms with van der Waals surface area (Å²) in [6.07, 6.45) is 2.82. The SMILES string of the molecule is CCCN1C(=O)/C(=C\c2cc(I)c(OC)c(I)c2)SC1=Nc1ccc(C)cc1. The second-order valence-corrected chi connectivity index (χ2v) is 9.65. The smallest absolute Gasteiger partial charge is 0.266 e. The summed E-state index contributed by atoms with van der Waals surface area (Å²) in [5.74, 6) is 0.876. The van der Waals surface area contributed by atoms with Crippen molar-refractivity contribution in [2.75, 3.05) is 13.7 Å². The van der Waals surface area contributed by atoms with Crippen molar-refractivity contribution in [2.45, 2.75) is 20.3 Å². The van der Waals surface area contributed by atoms with Crippen LogP contribution in [0, 0.1) is 14.1 Å². The van der Waals surface area contributed by atoms with Crippen molar-refractivity contribution in [3.05, 3.63) is 59.6 Å². The Kier molecular flexibility index (Phi) is 7.43. The van der Waals surface area contributed by atoms with E-state index in [2.05, 4.69) is 52.1 Å². The number of benzene rings is 2. The van der Waals surface area contributed by atoms with Gasteiger partial charge in [-0.1, -0.05) is 24.6 Å². The molecule has 146 valence electrons. The highest BCUT2D eigenvalue weighted by Gasteiger charge is 2.32. The van der Waals surface area contributed by atoms with Crippen LogP contribution in [0.1, 0.15) is 24.5 Å². The average molecular weight is 618 g/mol. The van der Waals surface area contributed by atoms with E-state index in [-0.39, 0.29) is 5.91 Å². The number of carbonyl (C=O) groups excluding carboxylic acids is 1. The zero-order valence-corrected chi connectivity index (χ0v) is 21.0. The molecule has 0 saturated carbocycles. The van der Waals surface area contributed by atoms with Crippen molar-refractivity contribution in [3.8, 4) is 5.75 Å². The highest BCUT2D eigenvalue weighted by atomic mass is 127. The van der Waals surface area contributed by atoms with Gasteiger partial charge in [0.25, 0.3) is 5.91 Å². The fourth-order valence-electron chi connectivity index (χ4n) is 2.75. The number of rotatable bonds is 5. The molecule has 28 heavy (non-hydrogen) atoms. The number of nitrogens with zero attached hydrogens (tertiary/aromatic N) is 2. The molecule has 0 unspecified atom stereocenters. The molecule has 1 heterocycles. The van der Waals surface area contributed by atoms with Crippen molar-refractivity contribution in [2.24, 2.45) is 4.99 Å². The summed E-state index contributed by atoms with van der Waals surface area (Å²) < 4.78 is 7.47. The predicted octanol–water partition coefficient (Wildman–Crippen LogP) is 6.23. The van der Waals surface area contributed by atoms with Crippen LogP contribution in [0.2, 0.25) is 0 Å². The largest absolute Gasteiger partial charge is 0.495 e. The molecule has 2 aromatic carbocycles. The van der Waals surface area contributed by atoms with Gasteiger partial charge < -0.3 is 4.74 Å². The van der Waals surface area contributed by atoms with Crippen molar-refractivity contribution in [3.63, 3.8) is 0 Å². The Morgan fingerprint density at radius 1 is 1.18 bits per heavy atom. The molecule has 2 aromatic rings. The third-order valence-electron chi connectivity index (χ3n) is 4.12. The van der Waals surface area contributed by atoms with Crippen LogP contribution in [-0.2, 0) is 4.79 Å². The van der Waals surface area contributed by atoms with Gasteiger partial charge in [-0.05, 0) is 106 Å². The van der Waals surface area contributed by atoms with E-state index in [0.717, 1.165) is 35.7 Å². The van der Waals surface area contributed by atoms with Gasteiger partial charge in [0.2, 0.25) is 0 Å². The molecule has 0 aromatic heterocycles. The van der Waals surface area contributed by atoms with E-state index < -0.39 is 0 Å². The number of methoxy groups -OCH3 is 1. The van der Waals surface area contributed by atoms with Crippen LogP contribution in [0.3, 0.4) is 0 Å². The van der Waals surface area contributed by atoms with E-state index in [4.69, 9.17) is 9.73 Å². The number of amides is 1. The lowest BCUT2D eigenvalue weighted by Gasteiger charge is -2.14. The minimum atomic E-state index is 0.0125. The third kappa shape index (κ3) is 4.91. The first-order chi connectivity index (χ1) is 13.4. The summed E-state index contributed by atoms with van der Waals surface area (Å²) in [6.45, 7) is 4.77. The molecule has 1 amide bonds. The molecule has 0 bridgehead atoms. The Hall–Kier alpha value is -1.07. The van der Waals surface area contributed by atoms with Gasteiger partial charge in [-0.2, -0.15) is 0 Å². The van der Waals surface area contributed by atoms with Gasteiger partial charge in [0, 0.05) is 6.54 Å². The molecular formula is C21H20I2N2O2S. The highest BCUT2D eigenvalue weighted by molar-refractivity contribution is 14.1. The standard InChI is InChI=1S/C21H20I2N2O2S/c1-4-9-25-20(26)18(12-14-10-16(22)19(27-3)17(23)11-14)28-21(25)24-15-7-5-13(2)6-8-15/h5-8,10-12H,4,9H2,1-3H3/b18-12+,24-21?. The lowest BCUT2D eigenvalue weighted by atomic mass is 10.2. The van der Waals surface area contributed by atoms with Crippen LogP contribution in [0.4, 0.5) is 5.69 Å². The van der Waals surface area contributed by atoms with E-state index in [1.165, 1.54) is 17.3 Å². The van der Waals surface area contributed by atoms with Gasteiger partial charge in [0.1, 0.15) is 5.75 Å². The monoisotopic (exact) mass is 618 g/mol. The number of hydrogen-bond donors (Lipinski definition) is 0. The van der Waals surface area contributed by atoms with Gasteiger partial charge in [0.15, 0.2) is 5.17 Å². The zero-order chi connectivity index (χ0) is 20.3. The van der Waals surface area contributed by atoms with E-state index >= 15 is 0 Å². The number of carbonyl (C=O) groups is 1. The Balaban J connectivity index is 1.96. The van der Waals surface area contributed by atoms with Gasteiger partial charge >= 0.3 is 0 Å².